The smallest absolute Gasteiger partial charge is 0.165 e. The van der Waals surface area contributed by atoms with Gasteiger partial charge in [0.15, 0.2) is 11.6 Å². The lowest BCUT2D eigenvalue weighted by molar-refractivity contribution is -0.141. The highest BCUT2D eigenvalue weighted by atomic mass is 35.5. The average molecular weight is 435 g/mol. The Kier molecular flexibility index (Phi) is 5.17. The fourth-order valence-electron chi connectivity index (χ4n) is 5.82. The second-order valence-electron chi connectivity index (χ2n) is 9.50. The molecular formula is C24H28ClFO4. The summed E-state index contributed by atoms with van der Waals surface area (Å²) in [5.74, 6) is -1.10. The van der Waals surface area contributed by atoms with Gasteiger partial charge in [-0.2, -0.15) is 0 Å². The number of hydrogen-bond acceptors (Lipinski definition) is 4. The first-order valence-electron chi connectivity index (χ1n) is 10.4. The van der Waals surface area contributed by atoms with Gasteiger partial charge in [-0.05, 0) is 74.4 Å². The predicted octanol–water partition coefficient (Wildman–Crippen LogP) is 4.08. The van der Waals surface area contributed by atoms with Crippen LogP contribution in [-0.2, 0) is 11.8 Å². The molecule has 2 aromatic rings. The molecule has 0 saturated heterocycles. The molecule has 0 radical (unpaired) electrons. The summed E-state index contributed by atoms with van der Waals surface area (Å²) >= 11 is 6.42. The Labute approximate surface area is 181 Å². The molecule has 0 aromatic heterocycles. The minimum Gasteiger partial charge on any atom is -0.505 e. The van der Waals surface area contributed by atoms with Gasteiger partial charge in [0.25, 0.3) is 0 Å². The van der Waals surface area contributed by atoms with Crippen LogP contribution in [-0.4, -0.2) is 38.2 Å². The first-order valence-corrected chi connectivity index (χ1v) is 10.7. The molecule has 30 heavy (non-hydrogen) atoms. The summed E-state index contributed by atoms with van der Waals surface area (Å²) in [4.78, 5) is 0. The van der Waals surface area contributed by atoms with Crippen LogP contribution in [0.25, 0.3) is 0 Å². The number of phenolic OH excluding ortho intramolecular Hbond substituents is 1. The van der Waals surface area contributed by atoms with Gasteiger partial charge in [-0.25, -0.2) is 4.39 Å². The number of aromatic hydroxyl groups is 1. The van der Waals surface area contributed by atoms with E-state index in [-0.39, 0.29) is 0 Å². The molecule has 2 saturated carbocycles. The summed E-state index contributed by atoms with van der Waals surface area (Å²) in [6.07, 6.45) is 1.06. The van der Waals surface area contributed by atoms with Gasteiger partial charge >= 0.3 is 0 Å². The number of phenols is 1. The lowest BCUT2D eigenvalue weighted by atomic mass is 9.58. The van der Waals surface area contributed by atoms with Gasteiger partial charge < -0.3 is 20.4 Å². The van der Waals surface area contributed by atoms with E-state index >= 15 is 0 Å². The quantitative estimate of drug-likeness (QED) is 0.584. The minimum atomic E-state index is -1.13. The van der Waals surface area contributed by atoms with Gasteiger partial charge in [0.05, 0.1) is 17.8 Å². The van der Waals surface area contributed by atoms with Crippen molar-refractivity contribution in [2.24, 2.45) is 5.41 Å². The number of benzene rings is 2. The van der Waals surface area contributed by atoms with Gasteiger partial charge in [0, 0.05) is 15.9 Å². The van der Waals surface area contributed by atoms with Gasteiger partial charge in [0.1, 0.15) is 0 Å². The lowest BCUT2D eigenvalue weighted by Crippen LogP contribution is -2.57. The molecule has 2 bridgehead atoms. The van der Waals surface area contributed by atoms with Gasteiger partial charge in [-0.3, -0.25) is 0 Å². The van der Waals surface area contributed by atoms with Crippen LogP contribution in [0.3, 0.4) is 0 Å². The Morgan fingerprint density at radius 2 is 1.87 bits per heavy atom. The van der Waals surface area contributed by atoms with Gasteiger partial charge in [-0.1, -0.05) is 36.2 Å². The van der Waals surface area contributed by atoms with Crippen LogP contribution in [0.4, 0.5) is 4.39 Å². The van der Waals surface area contributed by atoms with E-state index in [4.69, 9.17) is 11.6 Å². The standard InChI is InChI=1S/C24H28ClFO4/c1-22(2,30)23-8-3-9-24(21(23)29,20(28)13-23)16-5-6-17(25)15(12-16)10-14-4-7-19(27)18(26)11-14/h4-7,11-12,20-21,27-30H,3,8-10,13H2,1-2H3. The normalized spacial score (nSPS) is 31.2. The number of aliphatic hydroxyl groups is 3. The molecule has 0 spiro atoms. The molecule has 2 aliphatic rings. The third kappa shape index (κ3) is 3.06. The van der Waals surface area contributed by atoms with E-state index in [1.807, 2.05) is 12.1 Å². The fourth-order valence-corrected chi connectivity index (χ4v) is 6.00. The number of hydrogen-bond donors (Lipinski definition) is 4. The Balaban J connectivity index is 1.75. The topological polar surface area (TPSA) is 80.9 Å². The second kappa shape index (κ2) is 7.20. The van der Waals surface area contributed by atoms with Crippen molar-refractivity contribution in [3.63, 3.8) is 0 Å². The SMILES string of the molecule is CC(C)(O)C12CCCC(c3ccc(Cl)c(Cc4ccc(O)c(F)c4)c3)(C(O)C1)C2O. The van der Waals surface area contributed by atoms with E-state index in [0.717, 1.165) is 17.5 Å². The van der Waals surface area contributed by atoms with Crippen LogP contribution in [0.15, 0.2) is 36.4 Å². The predicted molar refractivity (Wildman–Crippen MR) is 113 cm³/mol. The summed E-state index contributed by atoms with van der Waals surface area (Å²) in [5, 5.41) is 43.4. The van der Waals surface area contributed by atoms with E-state index in [0.29, 0.717) is 36.3 Å². The van der Waals surface area contributed by atoms with Crippen LogP contribution >= 0.6 is 11.6 Å². The minimum absolute atomic E-state index is 0.332. The van der Waals surface area contributed by atoms with Crippen molar-refractivity contribution in [2.75, 3.05) is 0 Å². The first-order chi connectivity index (χ1) is 14.0. The largest absolute Gasteiger partial charge is 0.505 e. The maximum Gasteiger partial charge on any atom is 0.165 e. The zero-order chi connectivity index (χ0) is 21.9. The Morgan fingerprint density at radius 1 is 1.13 bits per heavy atom. The second-order valence-corrected chi connectivity index (χ2v) is 9.91. The molecule has 0 aliphatic heterocycles. The number of halogens is 2. The molecule has 162 valence electrons. The highest BCUT2D eigenvalue weighted by Crippen LogP contribution is 2.63. The van der Waals surface area contributed by atoms with Crippen molar-refractivity contribution in [3.8, 4) is 5.75 Å². The molecule has 2 aliphatic carbocycles. The Morgan fingerprint density at radius 3 is 2.53 bits per heavy atom. The Bertz CT molecular complexity index is 972. The third-order valence-corrected chi connectivity index (χ3v) is 7.95. The molecular weight excluding hydrogens is 407 g/mol. The summed E-state index contributed by atoms with van der Waals surface area (Å²) in [6.45, 7) is 3.41. The monoisotopic (exact) mass is 434 g/mol. The van der Waals surface area contributed by atoms with Crippen molar-refractivity contribution in [1.82, 2.24) is 0 Å². The van der Waals surface area contributed by atoms with Crippen molar-refractivity contribution in [3.05, 3.63) is 63.9 Å². The summed E-state index contributed by atoms with van der Waals surface area (Å²) in [7, 11) is 0. The molecule has 4 unspecified atom stereocenters. The third-order valence-electron chi connectivity index (χ3n) is 7.59. The molecule has 2 fully saturated rings. The molecule has 4 N–H and O–H groups in total. The molecule has 2 aromatic carbocycles. The van der Waals surface area contributed by atoms with Crippen LogP contribution in [0.1, 0.15) is 56.2 Å². The van der Waals surface area contributed by atoms with E-state index in [2.05, 4.69) is 0 Å². The zero-order valence-electron chi connectivity index (χ0n) is 17.2. The van der Waals surface area contributed by atoms with Crippen molar-refractivity contribution < 1.29 is 24.8 Å². The van der Waals surface area contributed by atoms with Crippen molar-refractivity contribution in [1.29, 1.82) is 0 Å². The van der Waals surface area contributed by atoms with E-state index in [9.17, 15) is 24.8 Å². The Hall–Kier alpha value is -1.66. The molecule has 4 rings (SSSR count). The van der Waals surface area contributed by atoms with Crippen LogP contribution in [0.5, 0.6) is 5.75 Å². The highest BCUT2D eigenvalue weighted by Gasteiger charge is 2.68. The van der Waals surface area contributed by atoms with E-state index in [1.165, 1.54) is 12.1 Å². The average Bonchev–Trinajstić information content (AvgIpc) is 2.79. The summed E-state index contributed by atoms with van der Waals surface area (Å²) in [5.41, 5.74) is -0.591. The van der Waals surface area contributed by atoms with Crippen LogP contribution in [0, 0.1) is 11.2 Å². The van der Waals surface area contributed by atoms with Crippen molar-refractivity contribution in [2.45, 2.75) is 69.2 Å². The highest BCUT2D eigenvalue weighted by molar-refractivity contribution is 6.31. The van der Waals surface area contributed by atoms with Crippen molar-refractivity contribution >= 4 is 11.6 Å². The maximum atomic E-state index is 13.8. The fraction of sp³-hybridized carbons (Fsp3) is 0.500. The van der Waals surface area contributed by atoms with Crippen LogP contribution < -0.4 is 0 Å². The summed E-state index contributed by atoms with van der Waals surface area (Å²) in [6, 6.07) is 9.68. The summed E-state index contributed by atoms with van der Waals surface area (Å²) < 4.78 is 13.8. The first kappa shape index (κ1) is 21.6. The molecule has 4 nitrogen and oxygen atoms in total. The number of fused-ring (bicyclic) bond motifs is 2. The van der Waals surface area contributed by atoms with E-state index < -0.39 is 40.2 Å². The lowest BCUT2D eigenvalue weighted by Gasteiger charge is -2.50. The zero-order valence-corrected chi connectivity index (χ0v) is 18.0. The van der Waals surface area contributed by atoms with E-state index in [1.54, 1.807) is 26.0 Å². The molecule has 4 atom stereocenters. The van der Waals surface area contributed by atoms with Crippen LogP contribution in [0.2, 0.25) is 5.02 Å². The number of aliphatic hydroxyl groups excluding tert-OH is 2. The molecule has 6 heteroatoms. The maximum absolute atomic E-state index is 13.8. The molecule has 0 amide bonds. The van der Waals surface area contributed by atoms with Gasteiger partial charge in [0.2, 0.25) is 0 Å². The number of rotatable bonds is 4. The van der Waals surface area contributed by atoms with Gasteiger partial charge in [-0.15, -0.1) is 0 Å². The molecule has 0 heterocycles.